The minimum absolute atomic E-state index is 0.252. The fourth-order valence-electron chi connectivity index (χ4n) is 4.03. The third-order valence-corrected chi connectivity index (χ3v) is 6.96. The SMILES string of the molecule is Clc1ccc(-c2cc(Sc3ccccc3)c3c(c2)[C@@H]2CNCC[C@@H]2O3)c(Cl)c1. The summed E-state index contributed by atoms with van der Waals surface area (Å²) < 4.78 is 6.44. The van der Waals surface area contributed by atoms with E-state index in [0.717, 1.165) is 41.3 Å². The number of nitrogens with one attached hydrogen (secondary N) is 1. The van der Waals surface area contributed by atoms with Crippen LogP contribution in [0.5, 0.6) is 5.75 Å². The molecule has 5 rings (SSSR count). The predicted octanol–water partition coefficient (Wildman–Crippen LogP) is 6.65. The summed E-state index contributed by atoms with van der Waals surface area (Å²) in [4.78, 5) is 2.33. The highest BCUT2D eigenvalue weighted by Crippen LogP contribution is 2.50. The lowest BCUT2D eigenvalue weighted by molar-refractivity contribution is 0.169. The molecule has 0 bridgehead atoms. The summed E-state index contributed by atoms with van der Waals surface area (Å²) in [6, 6.07) is 20.5. The van der Waals surface area contributed by atoms with Crippen LogP contribution in [0.4, 0.5) is 0 Å². The van der Waals surface area contributed by atoms with Gasteiger partial charge in [-0.2, -0.15) is 0 Å². The Morgan fingerprint density at radius 1 is 1.00 bits per heavy atom. The molecule has 0 spiro atoms. The Morgan fingerprint density at radius 3 is 2.68 bits per heavy atom. The fraction of sp³-hybridized carbons (Fsp3) is 0.217. The van der Waals surface area contributed by atoms with E-state index < -0.39 is 0 Å². The van der Waals surface area contributed by atoms with E-state index in [1.807, 2.05) is 18.2 Å². The second kappa shape index (κ2) is 7.64. The van der Waals surface area contributed by atoms with Crippen molar-refractivity contribution in [1.82, 2.24) is 5.32 Å². The molecule has 0 aromatic heterocycles. The monoisotopic (exact) mass is 427 g/mol. The first kappa shape index (κ1) is 18.4. The van der Waals surface area contributed by atoms with E-state index in [-0.39, 0.29) is 6.10 Å². The Balaban J connectivity index is 1.64. The third kappa shape index (κ3) is 3.42. The maximum absolute atomic E-state index is 6.53. The molecule has 0 unspecified atom stereocenters. The average Bonchev–Trinajstić information content (AvgIpc) is 3.08. The molecule has 0 saturated carbocycles. The van der Waals surface area contributed by atoms with Crippen LogP contribution in [0.15, 0.2) is 70.5 Å². The summed E-state index contributed by atoms with van der Waals surface area (Å²) in [7, 11) is 0. The van der Waals surface area contributed by atoms with Gasteiger partial charge in [-0.15, -0.1) is 0 Å². The van der Waals surface area contributed by atoms with E-state index in [2.05, 4.69) is 41.7 Å². The van der Waals surface area contributed by atoms with Crippen LogP contribution in [-0.2, 0) is 0 Å². The summed E-state index contributed by atoms with van der Waals surface area (Å²) in [5.41, 5.74) is 3.38. The molecule has 5 heteroatoms. The highest BCUT2D eigenvalue weighted by atomic mass is 35.5. The lowest BCUT2D eigenvalue weighted by Gasteiger charge is -2.24. The molecular weight excluding hydrogens is 409 g/mol. The van der Waals surface area contributed by atoms with Gasteiger partial charge >= 0.3 is 0 Å². The van der Waals surface area contributed by atoms with E-state index in [1.54, 1.807) is 17.8 Å². The zero-order chi connectivity index (χ0) is 19.1. The van der Waals surface area contributed by atoms with Gasteiger partial charge in [-0.25, -0.2) is 0 Å². The lowest BCUT2D eigenvalue weighted by atomic mass is 9.89. The topological polar surface area (TPSA) is 21.3 Å². The Bertz CT molecular complexity index is 1020. The largest absolute Gasteiger partial charge is 0.488 e. The minimum Gasteiger partial charge on any atom is -0.488 e. The zero-order valence-corrected chi connectivity index (χ0v) is 17.5. The Hall–Kier alpha value is -1.65. The van der Waals surface area contributed by atoms with Gasteiger partial charge < -0.3 is 10.1 Å². The van der Waals surface area contributed by atoms with Crippen LogP contribution < -0.4 is 10.1 Å². The minimum atomic E-state index is 0.252. The van der Waals surface area contributed by atoms with Crippen LogP contribution in [-0.4, -0.2) is 19.2 Å². The third-order valence-electron chi connectivity index (χ3n) is 5.38. The summed E-state index contributed by atoms with van der Waals surface area (Å²) >= 11 is 14.4. The first-order valence-electron chi connectivity index (χ1n) is 9.43. The van der Waals surface area contributed by atoms with Crippen molar-refractivity contribution in [3.63, 3.8) is 0 Å². The molecule has 2 aliphatic rings. The summed E-state index contributed by atoms with van der Waals surface area (Å²) in [6.07, 6.45) is 1.29. The van der Waals surface area contributed by atoms with Crippen molar-refractivity contribution < 1.29 is 4.74 Å². The molecule has 1 fully saturated rings. The first-order valence-corrected chi connectivity index (χ1v) is 11.0. The molecule has 1 N–H and O–H groups in total. The van der Waals surface area contributed by atoms with Crippen LogP contribution >= 0.6 is 35.0 Å². The van der Waals surface area contributed by atoms with Gasteiger partial charge in [-0.05, 0) is 54.9 Å². The predicted molar refractivity (Wildman–Crippen MR) is 117 cm³/mol. The van der Waals surface area contributed by atoms with Crippen LogP contribution in [0, 0.1) is 0 Å². The molecule has 3 aromatic carbocycles. The molecule has 142 valence electrons. The van der Waals surface area contributed by atoms with E-state index in [0.29, 0.717) is 16.0 Å². The molecule has 2 atom stereocenters. The molecule has 0 radical (unpaired) electrons. The van der Waals surface area contributed by atoms with Gasteiger partial charge in [0.2, 0.25) is 0 Å². The Kier molecular flexibility index (Phi) is 5.02. The summed E-state index contributed by atoms with van der Waals surface area (Å²) in [5.74, 6) is 1.41. The molecule has 0 aliphatic carbocycles. The maximum atomic E-state index is 6.53. The standard InChI is InChI=1S/C23H19Cl2NOS/c24-15-6-7-17(20(25)12-15)14-10-18-19-13-26-9-8-21(19)27-23(18)22(11-14)28-16-4-2-1-3-5-16/h1-7,10-12,19,21,26H,8-9,13H2/t19-,21-/m0/s1. The molecule has 3 aromatic rings. The van der Waals surface area contributed by atoms with Gasteiger partial charge in [0, 0.05) is 38.5 Å². The second-order valence-corrected chi connectivity index (χ2v) is 9.15. The summed E-state index contributed by atoms with van der Waals surface area (Å²) in [5, 5.41) is 4.83. The van der Waals surface area contributed by atoms with Crippen LogP contribution in [0.3, 0.4) is 0 Å². The quantitative estimate of drug-likeness (QED) is 0.505. The van der Waals surface area contributed by atoms with E-state index in [4.69, 9.17) is 27.9 Å². The van der Waals surface area contributed by atoms with Gasteiger partial charge in [0.25, 0.3) is 0 Å². The highest BCUT2D eigenvalue weighted by molar-refractivity contribution is 7.99. The smallest absolute Gasteiger partial charge is 0.137 e. The van der Waals surface area contributed by atoms with Gasteiger partial charge in [0.1, 0.15) is 11.9 Å². The first-order chi connectivity index (χ1) is 13.7. The molecule has 2 heterocycles. The average molecular weight is 428 g/mol. The Morgan fingerprint density at radius 2 is 1.86 bits per heavy atom. The molecule has 2 aliphatic heterocycles. The molecule has 1 saturated heterocycles. The van der Waals surface area contributed by atoms with E-state index in [9.17, 15) is 0 Å². The van der Waals surface area contributed by atoms with Crippen molar-refractivity contribution in [3.8, 4) is 16.9 Å². The van der Waals surface area contributed by atoms with Crippen molar-refractivity contribution in [2.75, 3.05) is 13.1 Å². The highest BCUT2D eigenvalue weighted by Gasteiger charge is 2.38. The number of rotatable bonds is 3. The van der Waals surface area contributed by atoms with E-state index in [1.165, 1.54) is 10.5 Å². The van der Waals surface area contributed by atoms with Crippen LogP contribution in [0.2, 0.25) is 10.0 Å². The molecule has 28 heavy (non-hydrogen) atoms. The van der Waals surface area contributed by atoms with Crippen LogP contribution in [0.1, 0.15) is 17.9 Å². The number of benzene rings is 3. The zero-order valence-electron chi connectivity index (χ0n) is 15.1. The fourth-order valence-corrected chi connectivity index (χ4v) is 5.54. The van der Waals surface area contributed by atoms with Gasteiger partial charge in [0.15, 0.2) is 0 Å². The van der Waals surface area contributed by atoms with Gasteiger partial charge in [-0.1, -0.05) is 59.2 Å². The lowest BCUT2D eigenvalue weighted by Crippen LogP contribution is -2.37. The Labute approximate surface area is 179 Å². The number of ether oxygens (including phenoxy) is 1. The molecule has 0 amide bonds. The normalized spacial score (nSPS) is 20.4. The second-order valence-electron chi connectivity index (χ2n) is 7.19. The van der Waals surface area contributed by atoms with Crippen LogP contribution in [0.25, 0.3) is 11.1 Å². The molecular formula is C23H19Cl2NOS. The number of hydrogen-bond donors (Lipinski definition) is 1. The number of halogens is 2. The van der Waals surface area contributed by atoms with Crippen molar-refractivity contribution in [2.24, 2.45) is 0 Å². The van der Waals surface area contributed by atoms with Crippen molar-refractivity contribution >= 4 is 35.0 Å². The number of fused-ring (bicyclic) bond motifs is 3. The molecule has 2 nitrogen and oxygen atoms in total. The van der Waals surface area contributed by atoms with Crippen molar-refractivity contribution in [3.05, 3.63) is 76.3 Å². The number of piperidine rings is 1. The van der Waals surface area contributed by atoms with Crippen molar-refractivity contribution in [2.45, 2.75) is 28.2 Å². The number of hydrogen-bond acceptors (Lipinski definition) is 3. The van der Waals surface area contributed by atoms with Gasteiger partial charge in [-0.3, -0.25) is 0 Å². The van der Waals surface area contributed by atoms with Crippen molar-refractivity contribution in [1.29, 1.82) is 0 Å². The van der Waals surface area contributed by atoms with Gasteiger partial charge in [0.05, 0.1) is 4.90 Å². The van der Waals surface area contributed by atoms with E-state index >= 15 is 0 Å². The maximum Gasteiger partial charge on any atom is 0.137 e. The summed E-state index contributed by atoms with van der Waals surface area (Å²) in [6.45, 7) is 1.96.